The Balaban J connectivity index is 1.76. The molecule has 8 heteroatoms. The molecule has 3 rings (SSSR count). The van der Waals surface area contributed by atoms with Gasteiger partial charge in [0.1, 0.15) is 0 Å². The van der Waals surface area contributed by atoms with E-state index in [1.165, 1.54) is 35.0 Å². The summed E-state index contributed by atoms with van der Waals surface area (Å²) in [7, 11) is 3.11. The fourth-order valence-electron chi connectivity index (χ4n) is 2.39. The summed E-state index contributed by atoms with van der Waals surface area (Å²) in [5.74, 6) is 1.14. The Morgan fingerprint density at radius 3 is 2.52 bits per heavy atom. The zero-order valence-corrected chi connectivity index (χ0v) is 15.1. The molecule has 25 heavy (non-hydrogen) atoms. The maximum Gasteiger partial charge on any atom is 0.330 e. The minimum atomic E-state index is -0.338. The molecule has 1 N–H and O–H groups in total. The number of aromatic amines is 1. The van der Waals surface area contributed by atoms with Gasteiger partial charge in [-0.05, 0) is 12.0 Å². The highest BCUT2D eigenvalue weighted by atomic mass is 32.2. The topological polar surface area (TPSA) is 85.6 Å². The monoisotopic (exact) mass is 357 g/mol. The number of hydrogen-bond acceptors (Lipinski definition) is 5. The van der Waals surface area contributed by atoms with Crippen LogP contribution in [0.1, 0.15) is 18.2 Å². The maximum atomic E-state index is 11.9. The summed E-state index contributed by atoms with van der Waals surface area (Å²) in [6, 6.07) is 9.63. The van der Waals surface area contributed by atoms with E-state index in [2.05, 4.69) is 34.2 Å². The van der Waals surface area contributed by atoms with Crippen molar-refractivity contribution in [2.75, 3.05) is 0 Å². The van der Waals surface area contributed by atoms with E-state index in [4.69, 9.17) is 0 Å². The fraction of sp³-hybridized carbons (Fsp3) is 0.294. The van der Waals surface area contributed by atoms with E-state index in [0.717, 1.165) is 16.6 Å². The van der Waals surface area contributed by atoms with E-state index in [1.807, 2.05) is 12.1 Å². The first-order valence-corrected chi connectivity index (χ1v) is 8.88. The molecule has 2 aromatic heterocycles. The standard InChI is InChI=1S/C17H19N5O2S/c1-4-11-5-7-12(8-6-11)15-18-16(20-19-15)25-10-13-9-14(23)22(3)17(24)21(13)2/h5-9H,4,10H2,1-3H3,(H,18,19,20). The number of hydrogen-bond donors (Lipinski definition) is 1. The molecule has 0 aliphatic rings. The molecular weight excluding hydrogens is 338 g/mol. The van der Waals surface area contributed by atoms with Crippen molar-refractivity contribution in [1.29, 1.82) is 0 Å². The van der Waals surface area contributed by atoms with Crippen LogP contribution in [0.2, 0.25) is 0 Å². The lowest BCUT2D eigenvalue weighted by atomic mass is 10.1. The second-order valence-electron chi connectivity index (χ2n) is 5.68. The van der Waals surface area contributed by atoms with E-state index >= 15 is 0 Å². The van der Waals surface area contributed by atoms with E-state index in [0.29, 0.717) is 22.4 Å². The average molecular weight is 357 g/mol. The Bertz CT molecular complexity index is 1000. The molecule has 0 aliphatic carbocycles. The van der Waals surface area contributed by atoms with E-state index in [9.17, 15) is 9.59 Å². The van der Waals surface area contributed by atoms with Crippen LogP contribution in [-0.4, -0.2) is 24.3 Å². The predicted molar refractivity (Wildman–Crippen MR) is 97.7 cm³/mol. The van der Waals surface area contributed by atoms with Gasteiger partial charge in [-0.1, -0.05) is 43.0 Å². The molecule has 0 aliphatic heterocycles. The lowest BCUT2D eigenvalue weighted by molar-refractivity contribution is 0.665. The Morgan fingerprint density at radius 2 is 1.84 bits per heavy atom. The van der Waals surface area contributed by atoms with Gasteiger partial charge in [0, 0.05) is 37.2 Å². The summed E-state index contributed by atoms with van der Waals surface area (Å²) >= 11 is 1.37. The third-order valence-electron chi connectivity index (χ3n) is 4.08. The van der Waals surface area contributed by atoms with Gasteiger partial charge in [0.05, 0.1) is 0 Å². The molecule has 130 valence electrons. The first-order valence-electron chi connectivity index (χ1n) is 7.90. The van der Waals surface area contributed by atoms with Gasteiger partial charge >= 0.3 is 5.69 Å². The zero-order valence-electron chi connectivity index (χ0n) is 14.3. The van der Waals surface area contributed by atoms with Crippen LogP contribution in [0.15, 0.2) is 45.1 Å². The fourth-order valence-corrected chi connectivity index (χ4v) is 3.21. The largest absolute Gasteiger partial charge is 0.330 e. The van der Waals surface area contributed by atoms with Crippen molar-refractivity contribution >= 4 is 11.8 Å². The van der Waals surface area contributed by atoms with Gasteiger partial charge < -0.3 is 0 Å². The van der Waals surface area contributed by atoms with Gasteiger partial charge in [0.2, 0.25) is 5.16 Å². The summed E-state index contributed by atoms with van der Waals surface area (Å²) in [6.45, 7) is 2.11. The highest BCUT2D eigenvalue weighted by Gasteiger charge is 2.10. The van der Waals surface area contributed by atoms with Crippen LogP contribution in [0.5, 0.6) is 0 Å². The molecular formula is C17H19N5O2S. The Morgan fingerprint density at radius 1 is 1.12 bits per heavy atom. The van der Waals surface area contributed by atoms with Crippen molar-refractivity contribution in [3.05, 3.63) is 62.4 Å². The number of nitrogens with zero attached hydrogens (tertiary/aromatic N) is 4. The first kappa shape index (κ1) is 17.2. The number of benzene rings is 1. The lowest BCUT2D eigenvalue weighted by Gasteiger charge is -2.07. The minimum Gasteiger partial charge on any atom is -0.300 e. The first-order chi connectivity index (χ1) is 12.0. The van der Waals surface area contributed by atoms with E-state index in [1.54, 1.807) is 7.05 Å². The summed E-state index contributed by atoms with van der Waals surface area (Å²) in [5, 5.41) is 7.70. The van der Waals surface area contributed by atoms with Crippen molar-refractivity contribution in [3.63, 3.8) is 0 Å². The third kappa shape index (κ3) is 3.58. The van der Waals surface area contributed by atoms with Crippen LogP contribution in [-0.2, 0) is 26.3 Å². The molecule has 7 nitrogen and oxygen atoms in total. The van der Waals surface area contributed by atoms with Gasteiger partial charge in [-0.25, -0.2) is 9.78 Å². The SMILES string of the molecule is CCc1ccc(-c2nc(SCc3cc(=O)n(C)c(=O)n3C)n[nH]2)cc1. The smallest absolute Gasteiger partial charge is 0.300 e. The van der Waals surface area contributed by atoms with Crippen LogP contribution in [0.3, 0.4) is 0 Å². The highest BCUT2D eigenvalue weighted by molar-refractivity contribution is 7.98. The molecule has 0 saturated carbocycles. The molecule has 1 aromatic carbocycles. The predicted octanol–water partition coefficient (Wildman–Crippen LogP) is 1.72. The van der Waals surface area contributed by atoms with Gasteiger partial charge in [-0.2, -0.15) is 0 Å². The van der Waals surface area contributed by atoms with Crippen molar-refractivity contribution in [1.82, 2.24) is 24.3 Å². The number of rotatable bonds is 5. The summed E-state index contributed by atoms with van der Waals surface area (Å²) in [5.41, 5.74) is 2.22. The Kier molecular flexibility index (Phi) is 4.89. The van der Waals surface area contributed by atoms with Gasteiger partial charge in [-0.3, -0.25) is 19.0 Å². The molecule has 0 amide bonds. The number of thioether (sulfide) groups is 1. The van der Waals surface area contributed by atoms with Crippen LogP contribution in [0.25, 0.3) is 11.4 Å². The minimum absolute atomic E-state index is 0.314. The van der Waals surface area contributed by atoms with Crippen LogP contribution in [0.4, 0.5) is 0 Å². The quantitative estimate of drug-likeness (QED) is 0.703. The van der Waals surface area contributed by atoms with Crippen LogP contribution >= 0.6 is 11.8 Å². The summed E-state index contributed by atoms with van der Waals surface area (Å²) in [6.07, 6.45) is 0.993. The number of aromatic nitrogens is 5. The second kappa shape index (κ2) is 7.10. The van der Waals surface area contributed by atoms with E-state index in [-0.39, 0.29) is 11.2 Å². The molecule has 0 bridgehead atoms. The normalized spacial score (nSPS) is 11.0. The Labute approximate surface area is 148 Å². The third-order valence-corrected chi connectivity index (χ3v) is 4.96. The molecule has 2 heterocycles. The van der Waals surface area contributed by atoms with E-state index < -0.39 is 0 Å². The maximum absolute atomic E-state index is 11.9. The summed E-state index contributed by atoms with van der Waals surface area (Å²) < 4.78 is 2.55. The number of nitrogens with one attached hydrogen (secondary N) is 1. The van der Waals surface area contributed by atoms with Gasteiger partial charge in [0.15, 0.2) is 5.82 Å². The lowest BCUT2D eigenvalue weighted by Crippen LogP contribution is -2.37. The van der Waals surface area contributed by atoms with Gasteiger partial charge in [-0.15, -0.1) is 5.10 Å². The average Bonchev–Trinajstić information content (AvgIpc) is 3.11. The van der Waals surface area contributed by atoms with Crippen LogP contribution in [0, 0.1) is 0 Å². The highest BCUT2D eigenvalue weighted by Crippen LogP contribution is 2.22. The van der Waals surface area contributed by atoms with Crippen molar-refractivity contribution in [2.24, 2.45) is 14.1 Å². The molecule has 0 fully saturated rings. The summed E-state index contributed by atoms with van der Waals surface area (Å²) in [4.78, 5) is 28.2. The molecule has 3 aromatic rings. The number of aryl methyl sites for hydroxylation is 1. The zero-order chi connectivity index (χ0) is 18.0. The van der Waals surface area contributed by atoms with Crippen molar-refractivity contribution in [2.45, 2.75) is 24.3 Å². The molecule has 0 unspecified atom stereocenters. The molecule has 0 radical (unpaired) electrons. The number of H-pyrrole nitrogens is 1. The Hall–Kier alpha value is -2.61. The van der Waals surface area contributed by atoms with Crippen LogP contribution < -0.4 is 11.2 Å². The molecule has 0 atom stereocenters. The van der Waals surface area contributed by atoms with Crippen molar-refractivity contribution < 1.29 is 0 Å². The van der Waals surface area contributed by atoms with Gasteiger partial charge in [0.25, 0.3) is 5.56 Å². The molecule has 0 spiro atoms. The van der Waals surface area contributed by atoms with Crippen molar-refractivity contribution in [3.8, 4) is 11.4 Å². The second-order valence-corrected chi connectivity index (χ2v) is 6.62. The molecule has 0 saturated heterocycles.